The number of benzene rings is 2. The summed E-state index contributed by atoms with van der Waals surface area (Å²) >= 11 is 0. The minimum atomic E-state index is -4.06. The highest BCUT2D eigenvalue weighted by Gasteiger charge is 2.29. The van der Waals surface area contributed by atoms with Crippen molar-refractivity contribution in [1.29, 1.82) is 0 Å². The van der Waals surface area contributed by atoms with Crippen LogP contribution < -0.4 is 14.4 Å². The van der Waals surface area contributed by atoms with E-state index in [0.717, 1.165) is 0 Å². The van der Waals surface area contributed by atoms with Gasteiger partial charge in [-0.05, 0) is 30.7 Å². The van der Waals surface area contributed by atoms with Crippen molar-refractivity contribution in [2.24, 2.45) is 0 Å². The highest BCUT2D eigenvalue weighted by Crippen LogP contribution is 2.36. The zero-order valence-electron chi connectivity index (χ0n) is 16.0. The lowest BCUT2D eigenvalue weighted by Crippen LogP contribution is -2.41. The smallest absolute Gasteiger partial charge is 0.305 e. The highest BCUT2D eigenvalue weighted by molar-refractivity contribution is 7.89. The summed E-state index contributed by atoms with van der Waals surface area (Å²) in [5, 5.41) is 9.20. The van der Waals surface area contributed by atoms with E-state index in [-0.39, 0.29) is 16.9 Å². The molecule has 8 nitrogen and oxygen atoms in total. The summed E-state index contributed by atoms with van der Waals surface area (Å²) in [6.07, 6.45) is -0.626. The van der Waals surface area contributed by atoms with Crippen LogP contribution in [-0.4, -0.2) is 38.0 Å². The Kier molecular flexibility index (Phi) is 5.90. The van der Waals surface area contributed by atoms with Gasteiger partial charge in [-0.2, -0.15) is 0 Å². The van der Waals surface area contributed by atoms with Crippen molar-refractivity contribution >= 4 is 27.6 Å². The summed E-state index contributed by atoms with van der Waals surface area (Å²) in [7, 11) is -4.06. The topological polar surface area (TPSA) is 113 Å². The lowest BCUT2D eigenvalue weighted by atomic mass is 10.1. The van der Waals surface area contributed by atoms with Crippen molar-refractivity contribution in [2.75, 3.05) is 11.4 Å². The van der Waals surface area contributed by atoms with Gasteiger partial charge in [-0.1, -0.05) is 30.3 Å². The predicted molar refractivity (Wildman–Crippen MR) is 106 cm³/mol. The number of nitrogens with one attached hydrogen (secondary N) is 1. The van der Waals surface area contributed by atoms with Crippen LogP contribution in [0.3, 0.4) is 0 Å². The molecule has 9 heteroatoms. The van der Waals surface area contributed by atoms with Crippen molar-refractivity contribution < 1.29 is 27.9 Å². The second kappa shape index (κ2) is 8.22. The molecule has 3 rings (SSSR count). The summed E-state index contributed by atoms with van der Waals surface area (Å²) in [4.78, 5) is 24.6. The molecule has 0 unspecified atom stereocenters. The van der Waals surface area contributed by atoms with E-state index in [1.54, 1.807) is 30.3 Å². The summed E-state index contributed by atoms with van der Waals surface area (Å²) < 4.78 is 34.1. The number of carbonyl (C=O) groups excluding carboxylic acids is 1. The van der Waals surface area contributed by atoms with Crippen LogP contribution in [0.4, 0.5) is 5.69 Å². The first-order valence-corrected chi connectivity index (χ1v) is 10.5. The van der Waals surface area contributed by atoms with Gasteiger partial charge in [0.1, 0.15) is 11.9 Å². The summed E-state index contributed by atoms with van der Waals surface area (Å²) in [6, 6.07) is 11.8. The minimum absolute atomic E-state index is 0.0769. The lowest BCUT2D eigenvalue weighted by Gasteiger charge is -2.33. The normalized spacial score (nSPS) is 17.2. The molecule has 0 bridgehead atoms. The van der Waals surface area contributed by atoms with Crippen molar-refractivity contribution in [1.82, 2.24) is 4.72 Å². The van der Waals surface area contributed by atoms with E-state index < -0.39 is 28.5 Å². The number of anilines is 1. The van der Waals surface area contributed by atoms with Crippen LogP contribution in [0.1, 0.15) is 31.9 Å². The molecule has 0 spiro atoms. The maximum atomic E-state index is 13.0. The van der Waals surface area contributed by atoms with E-state index in [2.05, 4.69) is 4.72 Å². The molecule has 2 aromatic carbocycles. The predicted octanol–water partition coefficient (Wildman–Crippen LogP) is 2.31. The molecule has 0 radical (unpaired) electrons. The molecule has 2 atom stereocenters. The molecule has 2 N–H and O–H groups in total. The van der Waals surface area contributed by atoms with Gasteiger partial charge in [0.15, 0.2) is 0 Å². The summed E-state index contributed by atoms with van der Waals surface area (Å²) in [6.45, 7) is 3.53. The number of carboxylic acids is 1. The Morgan fingerprint density at radius 3 is 2.55 bits per heavy atom. The number of fused-ring (bicyclic) bond motifs is 1. The van der Waals surface area contributed by atoms with E-state index >= 15 is 0 Å². The first-order chi connectivity index (χ1) is 13.7. The third-order valence-electron chi connectivity index (χ3n) is 4.56. The van der Waals surface area contributed by atoms with Gasteiger partial charge in [-0.25, -0.2) is 13.1 Å². The van der Waals surface area contributed by atoms with E-state index in [1.165, 1.54) is 30.0 Å². The van der Waals surface area contributed by atoms with E-state index in [4.69, 9.17) is 4.74 Å². The van der Waals surface area contributed by atoms with E-state index in [0.29, 0.717) is 23.5 Å². The van der Waals surface area contributed by atoms with Gasteiger partial charge in [-0.15, -0.1) is 0 Å². The molecule has 0 aromatic heterocycles. The average Bonchev–Trinajstić information content (AvgIpc) is 2.66. The number of carboxylic acid groups (broad SMARTS) is 1. The monoisotopic (exact) mass is 418 g/mol. The van der Waals surface area contributed by atoms with E-state index in [9.17, 15) is 23.1 Å². The third kappa shape index (κ3) is 4.75. The van der Waals surface area contributed by atoms with Crippen molar-refractivity contribution in [3.8, 4) is 5.75 Å². The number of hydrogen-bond acceptors (Lipinski definition) is 5. The lowest BCUT2D eigenvalue weighted by molar-refractivity contribution is -0.137. The van der Waals surface area contributed by atoms with Crippen molar-refractivity contribution in [3.63, 3.8) is 0 Å². The van der Waals surface area contributed by atoms with Crippen LogP contribution in [0.2, 0.25) is 0 Å². The molecule has 1 amide bonds. The molecule has 29 heavy (non-hydrogen) atoms. The SMILES string of the molecule is CC(=O)N1C[C@H](C)Oc2ccc(S(=O)(=O)N[C@H](CC(=O)O)c3ccccc3)cc21. The number of carbonyl (C=O) groups is 2. The zero-order valence-corrected chi connectivity index (χ0v) is 16.8. The van der Waals surface area contributed by atoms with Crippen LogP contribution in [0, 0.1) is 0 Å². The Hall–Kier alpha value is -2.91. The van der Waals surface area contributed by atoms with Gasteiger partial charge < -0.3 is 14.7 Å². The fourth-order valence-corrected chi connectivity index (χ4v) is 4.47. The Balaban J connectivity index is 1.95. The second-order valence-corrected chi connectivity index (χ2v) is 8.58. The van der Waals surface area contributed by atoms with Crippen LogP contribution >= 0.6 is 0 Å². The minimum Gasteiger partial charge on any atom is -0.487 e. The number of hydrogen-bond donors (Lipinski definition) is 2. The van der Waals surface area contributed by atoms with Gasteiger partial charge >= 0.3 is 5.97 Å². The van der Waals surface area contributed by atoms with Crippen molar-refractivity contribution in [3.05, 3.63) is 54.1 Å². The van der Waals surface area contributed by atoms with Crippen LogP contribution in [0.5, 0.6) is 5.75 Å². The third-order valence-corrected chi connectivity index (χ3v) is 6.03. The quantitative estimate of drug-likeness (QED) is 0.744. The fourth-order valence-electron chi connectivity index (χ4n) is 3.23. The van der Waals surface area contributed by atoms with Crippen LogP contribution in [-0.2, 0) is 19.6 Å². The van der Waals surface area contributed by atoms with Gasteiger partial charge in [0.2, 0.25) is 15.9 Å². The molecule has 0 saturated heterocycles. The van der Waals surface area contributed by atoms with Crippen LogP contribution in [0.25, 0.3) is 0 Å². The molecule has 2 aromatic rings. The summed E-state index contributed by atoms with van der Waals surface area (Å²) in [5.41, 5.74) is 0.909. The molecule has 0 aliphatic carbocycles. The molecule has 1 aliphatic heterocycles. The largest absolute Gasteiger partial charge is 0.487 e. The highest BCUT2D eigenvalue weighted by atomic mass is 32.2. The second-order valence-electron chi connectivity index (χ2n) is 6.87. The average molecular weight is 418 g/mol. The number of sulfonamides is 1. The number of ether oxygens (including phenoxy) is 1. The Labute approximate surface area is 169 Å². The van der Waals surface area contributed by atoms with Gasteiger partial charge in [0, 0.05) is 6.92 Å². The number of amides is 1. The Morgan fingerprint density at radius 2 is 1.93 bits per heavy atom. The van der Waals surface area contributed by atoms with E-state index in [1.807, 2.05) is 6.92 Å². The van der Waals surface area contributed by atoms with Crippen molar-refractivity contribution in [2.45, 2.75) is 37.3 Å². The molecule has 0 fully saturated rings. The number of aliphatic carboxylic acids is 1. The summed E-state index contributed by atoms with van der Waals surface area (Å²) in [5.74, 6) is -0.933. The first kappa shape index (κ1) is 20.8. The molecule has 0 saturated carbocycles. The van der Waals surface area contributed by atoms with Gasteiger partial charge in [0.05, 0.1) is 29.6 Å². The maximum absolute atomic E-state index is 13.0. The van der Waals surface area contributed by atoms with Crippen LogP contribution in [0.15, 0.2) is 53.4 Å². The number of rotatable bonds is 6. The molecular weight excluding hydrogens is 396 g/mol. The van der Waals surface area contributed by atoms with Gasteiger partial charge in [-0.3, -0.25) is 9.59 Å². The Bertz CT molecular complexity index is 1020. The molecular formula is C20H22N2O6S. The Morgan fingerprint density at radius 1 is 1.24 bits per heavy atom. The molecule has 1 aliphatic rings. The van der Waals surface area contributed by atoms with Gasteiger partial charge in [0.25, 0.3) is 0 Å². The zero-order chi connectivity index (χ0) is 21.2. The maximum Gasteiger partial charge on any atom is 0.305 e. The fraction of sp³-hybridized carbons (Fsp3) is 0.300. The standard InChI is InChI=1S/C20H22N2O6S/c1-13-12-22(14(2)23)18-10-16(8-9-19(18)28-13)29(26,27)21-17(11-20(24)25)15-6-4-3-5-7-15/h3-10,13,17,21H,11-12H2,1-2H3,(H,24,25)/t13-,17+/m0/s1. The molecule has 1 heterocycles. The first-order valence-electron chi connectivity index (χ1n) is 9.05. The molecule has 154 valence electrons. The number of nitrogens with zero attached hydrogens (tertiary/aromatic N) is 1.